The highest BCUT2D eigenvalue weighted by atomic mass is 127. The molecule has 0 aliphatic carbocycles. The molecule has 18 heavy (non-hydrogen) atoms. The zero-order valence-electron chi connectivity index (χ0n) is 9.82. The lowest BCUT2D eigenvalue weighted by Crippen LogP contribution is -2.01. The molecule has 0 saturated carbocycles. The highest BCUT2D eigenvalue weighted by Gasteiger charge is 2.17. The van der Waals surface area contributed by atoms with Gasteiger partial charge in [0.25, 0.3) is 0 Å². The predicted molar refractivity (Wildman–Crippen MR) is 81.0 cm³/mol. The van der Waals surface area contributed by atoms with Gasteiger partial charge in [0.15, 0.2) is 0 Å². The normalized spacial score (nSPS) is 10.4. The molecule has 2 N–H and O–H groups in total. The zero-order valence-corrected chi connectivity index (χ0v) is 12.8. The molecule has 2 rings (SSSR count). The van der Waals surface area contributed by atoms with Gasteiger partial charge >= 0.3 is 5.97 Å². The van der Waals surface area contributed by atoms with Gasteiger partial charge in [-0.1, -0.05) is 6.07 Å². The minimum Gasteiger partial charge on any atom is -0.478 e. The molecular formula is C12H11IN2O2S. The second-order valence-electron chi connectivity index (χ2n) is 3.87. The van der Waals surface area contributed by atoms with Gasteiger partial charge in [0.1, 0.15) is 10.6 Å². The maximum absolute atomic E-state index is 11.1. The number of hydrogen-bond acceptors (Lipinski definition) is 4. The summed E-state index contributed by atoms with van der Waals surface area (Å²) in [7, 11) is 0. The van der Waals surface area contributed by atoms with Crippen LogP contribution in [0, 0.1) is 17.4 Å². The van der Waals surface area contributed by atoms with Crippen molar-refractivity contribution in [3.05, 3.63) is 38.6 Å². The summed E-state index contributed by atoms with van der Waals surface area (Å²) in [6.07, 6.45) is 0. The molecule has 0 radical (unpaired) electrons. The molecule has 0 unspecified atom stereocenters. The topological polar surface area (TPSA) is 62.2 Å². The molecule has 2 aromatic rings. The van der Waals surface area contributed by atoms with Gasteiger partial charge in [-0.2, -0.15) is 4.37 Å². The van der Waals surface area contributed by atoms with Gasteiger partial charge in [-0.3, -0.25) is 0 Å². The zero-order chi connectivity index (χ0) is 13.3. The number of carboxylic acids is 1. The van der Waals surface area contributed by atoms with E-state index in [0.29, 0.717) is 10.7 Å². The van der Waals surface area contributed by atoms with E-state index in [9.17, 15) is 4.79 Å². The van der Waals surface area contributed by atoms with Crippen LogP contribution in [0.1, 0.15) is 21.6 Å². The molecule has 1 aromatic heterocycles. The average Bonchev–Trinajstić information content (AvgIpc) is 2.65. The van der Waals surface area contributed by atoms with E-state index in [1.165, 1.54) is 5.56 Å². The van der Waals surface area contributed by atoms with Crippen LogP contribution in [0.4, 0.5) is 10.7 Å². The fourth-order valence-corrected chi connectivity index (χ4v) is 2.83. The monoisotopic (exact) mass is 374 g/mol. The summed E-state index contributed by atoms with van der Waals surface area (Å²) in [6.45, 7) is 3.73. The van der Waals surface area contributed by atoms with E-state index in [-0.39, 0.29) is 5.56 Å². The molecule has 0 aliphatic heterocycles. The summed E-state index contributed by atoms with van der Waals surface area (Å²) in [4.78, 5) is 11.1. The van der Waals surface area contributed by atoms with E-state index in [1.807, 2.05) is 25.1 Å². The number of nitrogens with zero attached hydrogens (tertiary/aromatic N) is 1. The highest BCUT2D eigenvalue weighted by molar-refractivity contribution is 14.1. The van der Waals surface area contributed by atoms with E-state index in [2.05, 4.69) is 32.3 Å². The number of nitrogens with one attached hydrogen (secondary N) is 1. The molecule has 0 fully saturated rings. The lowest BCUT2D eigenvalue weighted by molar-refractivity contribution is 0.0697. The number of halogens is 1. The van der Waals surface area contributed by atoms with Crippen LogP contribution < -0.4 is 5.32 Å². The summed E-state index contributed by atoms with van der Waals surface area (Å²) in [5.74, 6) is -0.953. The quantitative estimate of drug-likeness (QED) is 0.803. The van der Waals surface area contributed by atoms with Crippen molar-refractivity contribution >= 4 is 50.8 Å². The Morgan fingerprint density at radius 3 is 2.78 bits per heavy atom. The standard InChI is InChI=1S/C12H11IN2O2S/c1-6-3-4-8(5-9(6)13)14-11-10(12(16)17)7(2)15-18-11/h3-5,14H,1-2H3,(H,16,17). The van der Waals surface area contributed by atoms with Crippen LogP contribution in [0.2, 0.25) is 0 Å². The van der Waals surface area contributed by atoms with Gasteiger partial charge in [0.05, 0.1) is 5.69 Å². The average molecular weight is 374 g/mol. The first kappa shape index (κ1) is 13.3. The summed E-state index contributed by atoms with van der Waals surface area (Å²) in [6, 6.07) is 5.91. The molecule has 4 nitrogen and oxygen atoms in total. The van der Waals surface area contributed by atoms with Crippen LogP contribution in [0.15, 0.2) is 18.2 Å². The van der Waals surface area contributed by atoms with Gasteiger partial charge in [0.2, 0.25) is 0 Å². The Labute approximate surface area is 122 Å². The molecular weight excluding hydrogens is 363 g/mol. The number of carbonyl (C=O) groups is 1. The van der Waals surface area contributed by atoms with Crippen molar-refractivity contribution in [2.75, 3.05) is 5.32 Å². The molecule has 0 spiro atoms. The Bertz CT molecular complexity index is 610. The van der Waals surface area contributed by atoms with Crippen LogP contribution >= 0.6 is 34.1 Å². The molecule has 0 saturated heterocycles. The molecule has 0 atom stereocenters. The lowest BCUT2D eigenvalue weighted by atomic mass is 10.2. The lowest BCUT2D eigenvalue weighted by Gasteiger charge is -2.06. The van der Waals surface area contributed by atoms with Crippen LogP contribution in [-0.2, 0) is 0 Å². The number of anilines is 2. The van der Waals surface area contributed by atoms with E-state index < -0.39 is 5.97 Å². The van der Waals surface area contributed by atoms with Gasteiger partial charge in [-0.25, -0.2) is 4.79 Å². The van der Waals surface area contributed by atoms with Gasteiger partial charge in [0, 0.05) is 9.26 Å². The first-order valence-electron chi connectivity index (χ1n) is 5.22. The van der Waals surface area contributed by atoms with Gasteiger partial charge < -0.3 is 10.4 Å². The van der Waals surface area contributed by atoms with Crippen molar-refractivity contribution in [1.29, 1.82) is 0 Å². The Morgan fingerprint density at radius 1 is 1.44 bits per heavy atom. The summed E-state index contributed by atoms with van der Waals surface area (Å²) < 4.78 is 5.21. The SMILES string of the molecule is Cc1ccc(Nc2snc(C)c2C(=O)O)cc1I. The third-order valence-electron chi connectivity index (χ3n) is 2.51. The molecule has 0 bridgehead atoms. The number of hydrogen-bond donors (Lipinski definition) is 2. The largest absolute Gasteiger partial charge is 0.478 e. The third kappa shape index (κ3) is 2.64. The highest BCUT2D eigenvalue weighted by Crippen LogP contribution is 2.29. The number of carboxylic acid groups (broad SMARTS) is 1. The first-order valence-corrected chi connectivity index (χ1v) is 7.07. The van der Waals surface area contributed by atoms with Crippen molar-refractivity contribution in [2.24, 2.45) is 0 Å². The minimum atomic E-state index is -0.953. The van der Waals surface area contributed by atoms with E-state index in [4.69, 9.17) is 5.11 Å². The van der Waals surface area contributed by atoms with Crippen molar-refractivity contribution in [1.82, 2.24) is 4.37 Å². The molecule has 0 aliphatic rings. The second-order valence-corrected chi connectivity index (χ2v) is 5.80. The fourth-order valence-electron chi connectivity index (χ4n) is 1.51. The number of aryl methyl sites for hydroxylation is 2. The number of aromatic carboxylic acids is 1. The Morgan fingerprint density at radius 2 is 2.17 bits per heavy atom. The van der Waals surface area contributed by atoms with Gasteiger partial charge in [-0.05, 0) is 65.7 Å². The van der Waals surface area contributed by atoms with E-state index in [0.717, 1.165) is 20.8 Å². The van der Waals surface area contributed by atoms with E-state index in [1.54, 1.807) is 6.92 Å². The van der Waals surface area contributed by atoms with E-state index >= 15 is 0 Å². The predicted octanol–water partition coefficient (Wildman–Crippen LogP) is 3.81. The summed E-state index contributed by atoms with van der Waals surface area (Å²) in [5, 5.41) is 12.8. The summed E-state index contributed by atoms with van der Waals surface area (Å²) >= 11 is 3.42. The van der Waals surface area contributed by atoms with Crippen molar-refractivity contribution in [3.63, 3.8) is 0 Å². The maximum Gasteiger partial charge on any atom is 0.340 e. The molecule has 94 valence electrons. The van der Waals surface area contributed by atoms with Crippen LogP contribution in [0.5, 0.6) is 0 Å². The number of aromatic nitrogens is 1. The maximum atomic E-state index is 11.1. The van der Waals surface area contributed by atoms with Crippen molar-refractivity contribution in [2.45, 2.75) is 13.8 Å². The smallest absolute Gasteiger partial charge is 0.340 e. The van der Waals surface area contributed by atoms with Crippen LogP contribution in [-0.4, -0.2) is 15.4 Å². The second kappa shape index (κ2) is 5.23. The molecule has 0 amide bonds. The first-order chi connectivity index (χ1) is 8.49. The fraction of sp³-hybridized carbons (Fsp3) is 0.167. The minimum absolute atomic E-state index is 0.246. The van der Waals surface area contributed by atoms with Crippen LogP contribution in [0.3, 0.4) is 0 Å². The molecule has 6 heteroatoms. The Balaban J connectivity index is 2.34. The number of rotatable bonds is 3. The Kier molecular flexibility index (Phi) is 3.86. The van der Waals surface area contributed by atoms with Crippen molar-refractivity contribution in [3.8, 4) is 0 Å². The van der Waals surface area contributed by atoms with Crippen molar-refractivity contribution < 1.29 is 9.90 Å². The third-order valence-corrected chi connectivity index (χ3v) is 4.52. The summed E-state index contributed by atoms with van der Waals surface area (Å²) in [5.41, 5.74) is 2.85. The van der Waals surface area contributed by atoms with Gasteiger partial charge in [-0.15, -0.1) is 0 Å². The van der Waals surface area contributed by atoms with Crippen LogP contribution in [0.25, 0.3) is 0 Å². The Hall–Kier alpha value is -1.15. The molecule has 1 aromatic carbocycles. The number of benzene rings is 1. The molecule has 1 heterocycles.